The van der Waals surface area contributed by atoms with E-state index in [4.69, 9.17) is 0 Å². The third kappa shape index (κ3) is 11.9. The highest BCUT2D eigenvalue weighted by Crippen LogP contribution is 1.92. The summed E-state index contributed by atoms with van der Waals surface area (Å²) in [6, 6.07) is 0. The summed E-state index contributed by atoms with van der Waals surface area (Å²) >= 11 is 0. The van der Waals surface area contributed by atoms with Crippen molar-refractivity contribution in [3.63, 3.8) is 0 Å². The second-order valence-electron chi connectivity index (χ2n) is 3.37. The summed E-state index contributed by atoms with van der Waals surface area (Å²) in [5.41, 5.74) is 0. The molecule has 0 saturated carbocycles. The Morgan fingerprint density at radius 3 is 2.08 bits per heavy atom. The minimum Gasteiger partial charge on any atom is -0.317 e. The molecule has 2 N–H and O–H groups in total. The SMILES string of the molecule is [CH2]CCCNCCCCCNCC. The van der Waals surface area contributed by atoms with E-state index in [1.165, 1.54) is 38.8 Å². The molecule has 0 amide bonds. The fourth-order valence-electron chi connectivity index (χ4n) is 1.23. The third-order valence-electron chi connectivity index (χ3n) is 2.06. The van der Waals surface area contributed by atoms with Crippen LogP contribution < -0.4 is 10.6 Å². The van der Waals surface area contributed by atoms with Crippen LogP contribution in [0.15, 0.2) is 0 Å². The van der Waals surface area contributed by atoms with E-state index in [1.807, 2.05) is 0 Å². The maximum atomic E-state index is 3.81. The van der Waals surface area contributed by atoms with Crippen molar-refractivity contribution in [1.29, 1.82) is 0 Å². The lowest BCUT2D eigenvalue weighted by molar-refractivity contribution is 0.572. The molecule has 0 fully saturated rings. The molecule has 0 aromatic rings. The van der Waals surface area contributed by atoms with Gasteiger partial charge in [-0.05, 0) is 45.4 Å². The minimum atomic E-state index is 1.05. The number of hydrogen-bond acceptors (Lipinski definition) is 2. The van der Waals surface area contributed by atoms with Crippen molar-refractivity contribution in [2.24, 2.45) is 0 Å². The lowest BCUT2D eigenvalue weighted by Crippen LogP contribution is -2.17. The summed E-state index contributed by atoms with van der Waals surface area (Å²) in [6.45, 7) is 10.5. The zero-order chi connectivity index (χ0) is 9.78. The number of rotatable bonds is 10. The van der Waals surface area contributed by atoms with Gasteiger partial charge in [-0.25, -0.2) is 0 Å². The van der Waals surface area contributed by atoms with Gasteiger partial charge < -0.3 is 10.6 Å². The molecule has 0 unspecified atom stereocenters. The Balaban J connectivity index is 2.76. The fourth-order valence-corrected chi connectivity index (χ4v) is 1.23. The zero-order valence-corrected chi connectivity index (χ0v) is 9.07. The Kier molecular flexibility index (Phi) is 11.8. The summed E-state index contributed by atoms with van der Waals surface area (Å²) in [6.07, 6.45) is 6.21. The van der Waals surface area contributed by atoms with Gasteiger partial charge in [0.15, 0.2) is 0 Å². The van der Waals surface area contributed by atoms with E-state index < -0.39 is 0 Å². The molecule has 0 saturated heterocycles. The first-order valence-corrected chi connectivity index (χ1v) is 5.62. The van der Waals surface area contributed by atoms with Gasteiger partial charge in [-0.15, -0.1) is 0 Å². The molecular formula is C11H25N2. The average molecular weight is 185 g/mol. The molecule has 2 nitrogen and oxygen atoms in total. The summed E-state index contributed by atoms with van der Waals surface area (Å²) in [5.74, 6) is 0. The van der Waals surface area contributed by atoms with Crippen LogP contribution in [0.2, 0.25) is 0 Å². The Morgan fingerprint density at radius 1 is 0.846 bits per heavy atom. The molecule has 2 heteroatoms. The smallest absolute Gasteiger partial charge is 0.00489 e. The largest absolute Gasteiger partial charge is 0.317 e. The van der Waals surface area contributed by atoms with Crippen molar-refractivity contribution >= 4 is 0 Å². The highest BCUT2D eigenvalue weighted by molar-refractivity contribution is 4.51. The molecule has 0 aliphatic rings. The summed E-state index contributed by atoms with van der Waals surface area (Å²) < 4.78 is 0. The molecule has 0 atom stereocenters. The predicted molar refractivity (Wildman–Crippen MR) is 59.9 cm³/mol. The molecule has 0 spiro atoms. The van der Waals surface area contributed by atoms with E-state index in [1.54, 1.807) is 0 Å². The van der Waals surface area contributed by atoms with E-state index in [9.17, 15) is 0 Å². The normalized spacial score (nSPS) is 10.6. The molecule has 13 heavy (non-hydrogen) atoms. The summed E-state index contributed by atoms with van der Waals surface area (Å²) in [4.78, 5) is 0. The molecule has 0 rings (SSSR count). The summed E-state index contributed by atoms with van der Waals surface area (Å²) in [7, 11) is 0. The van der Waals surface area contributed by atoms with E-state index >= 15 is 0 Å². The van der Waals surface area contributed by atoms with Gasteiger partial charge in [-0.3, -0.25) is 0 Å². The lowest BCUT2D eigenvalue weighted by atomic mass is 10.2. The first-order chi connectivity index (χ1) is 6.41. The molecule has 1 radical (unpaired) electrons. The van der Waals surface area contributed by atoms with Crippen molar-refractivity contribution in [2.45, 2.75) is 39.0 Å². The monoisotopic (exact) mass is 185 g/mol. The second-order valence-corrected chi connectivity index (χ2v) is 3.37. The summed E-state index contributed by atoms with van der Waals surface area (Å²) in [5, 5.41) is 6.75. The molecule has 79 valence electrons. The zero-order valence-electron chi connectivity index (χ0n) is 9.07. The van der Waals surface area contributed by atoms with Gasteiger partial charge in [0, 0.05) is 0 Å². The van der Waals surface area contributed by atoms with Crippen LogP contribution in [-0.4, -0.2) is 26.2 Å². The maximum Gasteiger partial charge on any atom is -0.00489 e. The Morgan fingerprint density at radius 2 is 1.46 bits per heavy atom. The van der Waals surface area contributed by atoms with Gasteiger partial charge in [-0.2, -0.15) is 0 Å². The molecular weight excluding hydrogens is 160 g/mol. The van der Waals surface area contributed by atoms with Crippen LogP contribution in [0.1, 0.15) is 39.0 Å². The maximum absolute atomic E-state index is 3.81. The van der Waals surface area contributed by atoms with Crippen LogP contribution in [0.4, 0.5) is 0 Å². The second kappa shape index (κ2) is 11.9. The van der Waals surface area contributed by atoms with Crippen LogP contribution >= 0.6 is 0 Å². The van der Waals surface area contributed by atoms with Gasteiger partial charge in [0.25, 0.3) is 0 Å². The molecule has 0 aromatic heterocycles. The van der Waals surface area contributed by atoms with E-state index in [0.717, 1.165) is 19.5 Å². The molecule has 0 heterocycles. The quantitative estimate of drug-likeness (QED) is 0.508. The van der Waals surface area contributed by atoms with E-state index in [-0.39, 0.29) is 0 Å². The average Bonchev–Trinajstić information content (AvgIpc) is 2.16. The van der Waals surface area contributed by atoms with Crippen molar-refractivity contribution in [1.82, 2.24) is 10.6 Å². The van der Waals surface area contributed by atoms with E-state index in [0.29, 0.717) is 0 Å². The Labute approximate surface area is 83.5 Å². The molecule has 0 aliphatic heterocycles. The van der Waals surface area contributed by atoms with Crippen LogP contribution in [0, 0.1) is 6.92 Å². The highest BCUT2D eigenvalue weighted by Gasteiger charge is 1.89. The standard InChI is InChI=1S/C11H25N2/c1-3-5-9-13-11-8-6-7-10-12-4-2/h12-13H,1,3-11H2,2H3. The molecule has 0 aromatic carbocycles. The topological polar surface area (TPSA) is 24.1 Å². The van der Waals surface area contributed by atoms with Gasteiger partial charge in [0.2, 0.25) is 0 Å². The first kappa shape index (κ1) is 12.9. The highest BCUT2D eigenvalue weighted by atomic mass is 14.8. The first-order valence-electron chi connectivity index (χ1n) is 5.62. The van der Waals surface area contributed by atoms with Crippen molar-refractivity contribution in [3.05, 3.63) is 6.92 Å². The fraction of sp³-hybridized carbons (Fsp3) is 0.909. The van der Waals surface area contributed by atoms with Gasteiger partial charge in [-0.1, -0.05) is 26.7 Å². The number of hydrogen-bond donors (Lipinski definition) is 2. The van der Waals surface area contributed by atoms with Crippen LogP contribution in [0.5, 0.6) is 0 Å². The van der Waals surface area contributed by atoms with Crippen LogP contribution in [0.25, 0.3) is 0 Å². The van der Waals surface area contributed by atoms with Crippen molar-refractivity contribution in [2.75, 3.05) is 26.2 Å². The molecule has 0 bridgehead atoms. The molecule has 0 aliphatic carbocycles. The van der Waals surface area contributed by atoms with Crippen molar-refractivity contribution < 1.29 is 0 Å². The number of unbranched alkanes of at least 4 members (excludes halogenated alkanes) is 3. The Bertz CT molecular complexity index is 74.2. The van der Waals surface area contributed by atoms with Crippen LogP contribution in [0.3, 0.4) is 0 Å². The van der Waals surface area contributed by atoms with Gasteiger partial charge >= 0.3 is 0 Å². The minimum absolute atomic E-state index is 1.05. The predicted octanol–water partition coefficient (Wildman–Crippen LogP) is 1.97. The van der Waals surface area contributed by atoms with Crippen LogP contribution in [-0.2, 0) is 0 Å². The lowest BCUT2D eigenvalue weighted by Gasteiger charge is -2.03. The van der Waals surface area contributed by atoms with Gasteiger partial charge in [0.05, 0.1) is 0 Å². The third-order valence-corrected chi connectivity index (χ3v) is 2.06. The van der Waals surface area contributed by atoms with Crippen molar-refractivity contribution in [3.8, 4) is 0 Å². The van der Waals surface area contributed by atoms with Gasteiger partial charge in [0.1, 0.15) is 0 Å². The number of nitrogens with one attached hydrogen (secondary N) is 2. The Hall–Kier alpha value is -0.0800. The van der Waals surface area contributed by atoms with E-state index in [2.05, 4.69) is 24.5 Å².